The van der Waals surface area contributed by atoms with E-state index in [-0.39, 0.29) is 29.8 Å². The first-order valence-electron chi connectivity index (χ1n) is 6.77. The molecule has 4 nitrogen and oxygen atoms in total. The van der Waals surface area contributed by atoms with E-state index in [1.54, 1.807) is 0 Å². The molecule has 1 heterocycles. The summed E-state index contributed by atoms with van der Waals surface area (Å²) >= 11 is 0. The molecule has 0 bridgehead atoms. The molecule has 0 spiro atoms. The van der Waals surface area contributed by atoms with Crippen LogP contribution in [0.3, 0.4) is 0 Å². The summed E-state index contributed by atoms with van der Waals surface area (Å²) in [5, 5.41) is 5.82. The molecule has 1 aromatic carbocycles. The monoisotopic (exact) mass is 338 g/mol. The number of rotatable bonds is 4. The number of ether oxygens (including phenoxy) is 1. The second-order valence-corrected chi connectivity index (χ2v) is 5.00. The number of amides is 1. The Labute approximate surface area is 132 Å². The number of anilines is 1. The molecular formula is C14H18ClF3N2O2. The minimum atomic E-state index is -4.75. The van der Waals surface area contributed by atoms with E-state index >= 15 is 0 Å². The Kier molecular flexibility index (Phi) is 6.08. The van der Waals surface area contributed by atoms with Gasteiger partial charge in [0.2, 0.25) is 5.91 Å². The number of benzene rings is 1. The largest absolute Gasteiger partial charge is 0.573 e. The minimum absolute atomic E-state index is 0. The van der Waals surface area contributed by atoms with Crippen molar-refractivity contribution >= 4 is 24.0 Å². The molecule has 0 aliphatic carbocycles. The van der Waals surface area contributed by atoms with Crippen molar-refractivity contribution in [2.24, 2.45) is 0 Å². The molecule has 1 aliphatic heterocycles. The van der Waals surface area contributed by atoms with Crippen LogP contribution >= 0.6 is 12.4 Å². The van der Waals surface area contributed by atoms with E-state index in [0.29, 0.717) is 12.8 Å². The molecule has 1 atom stereocenters. The highest BCUT2D eigenvalue weighted by Gasteiger charge is 2.39. The van der Waals surface area contributed by atoms with Gasteiger partial charge in [-0.3, -0.25) is 4.79 Å². The first-order chi connectivity index (χ1) is 9.85. The maximum absolute atomic E-state index is 12.3. The molecule has 1 aliphatic rings. The van der Waals surface area contributed by atoms with Crippen LogP contribution in [-0.4, -0.2) is 24.4 Å². The Balaban J connectivity index is 0.00000242. The summed E-state index contributed by atoms with van der Waals surface area (Å²) in [5.74, 6) is -0.586. The predicted octanol–water partition coefficient (Wildman–Crippen LogP) is 3.48. The summed E-state index contributed by atoms with van der Waals surface area (Å²) in [7, 11) is 0. The maximum atomic E-state index is 12.3. The van der Waals surface area contributed by atoms with Crippen LogP contribution in [0.5, 0.6) is 5.75 Å². The van der Waals surface area contributed by atoms with Crippen LogP contribution in [-0.2, 0) is 4.79 Å². The van der Waals surface area contributed by atoms with E-state index < -0.39 is 11.9 Å². The fourth-order valence-corrected chi connectivity index (χ4v) is 2.48. The van der Waals surface area contributed by atoms with Crippen LogP contribution in [0.4, 0.5) is 18.9 Å². The number of carbonyl (C=O) groups excluding carboxylic acids is 1. The second kappa shape index (κ2) is 7.19. The number of hydrogen-bond donors (Lipinski definition) is 2. The van der Waals surface area contributed by atoms with Gasteiger partial charge in [-0.2, -0.15) is 0 Å². The molecule has 2 rings (SSSR count). The predicted molar refractivity (Wildman–Crippen MR) is 79.3 cm³/mol. The van der Waals surface area contributed by atoms with Crippen LogP contribution in [0.1, 0.15) is 26.2 Å². The van der Waals surface area contributed by atoms with Gasteiger partial charge in [0.25, 0.3) is 0 Å². The topological polar surface area (TPSA) is 50.4 Å². The maximum Gasteiger partial charge on any atom is 0.573 e. The van der Waals surface area contributed by atoms with Gasteiger partial charge in [-0.25, -0.2) is 0 Å². The van der Waals surface area contributed by atoms with E-state index in [4.69, 9.17) is 0 Å². The third kappa shape index (κ3) is 4.51. The lowest BCUT2D eigenvalue weighted by Crippen LogP contribution is -2.50. The molecule has 1 amide bonds. The number of nitrogens with one attached hydrogen (secondary N) is 2. The van der Waals surface area contributed by atoms with Gasteiger partial charge in [-0.1, -0.05) is 13.0 Å². The van der Waals surface area contributed by atoms with Crippen molar-refractivity contribution in [3.05, 3.63) is 24.3 Å². The Hall–Kier alpha value is -1.47. The highest BCUT2D eigenvalue weighted by molar-refractivity contribution is 5.98. The lowest BCUT2D eigenvalue weighted by molar-refractivity contribution is -0.274. The summed E-state index contributed by atoms with van der Waals surface area (Å²) in [5.41, 5.74) is -0.357. The molecule has 1 saturated heterocycles. The lowest BCUT2D eigenvalue weighted by Gasteiger charge is -2.26. The van der Waals surface area contributed by atoms with Crippen molar-refractivity contribution in [1.29, 1.82) is 0 Å². The van der Waals surface area contributed by atoms with E-state index in [1.165, 1.54) is 18.2 Å². The molecule has 0 radical (unpaired) electrons. The average molecular weight is 339 g/mol. The number of carbonyl (C=O) groups is 1. The first-order valence-corrected chi connectivity index (χ1v) is 6.77. The summed E-state index contributed by atoms with van der Waals surface area (Å²) in [6.45, 7) is 2.67. The zero-order valence-corrected chi connectivity index (χ0v) is 12.8. The molecule has 8 heteroatoms. The van der Waals surface area contributed by atoms with Gasteiger partial charge in [0.1, 0.15) is 5.75 Å². The third-order valence-corrected chi connectivity index (χ3v) is 3.61. The van der Waals surface area contributed by atoms with E-state index in [9.17, 15) is 18.0 Å². The van der Waals surface area contributed by atoms with Gasteiger partial charge in [-0.15, -0.1) is 25.6 Å². The van der Waals surface area contributed by atoms with Crippen molar-refractivity contribution in [3.8, 4) is 5.75 Å². The number of hydrogen-bond acceptors (Lipinski definition) is 3. The zero-order valence-electron chi connectivity index (χ0n) is 12.0. The molecule has 0 saturated carbocycles. The van der Waals surface area contributed by atoms with Gasteiger partial charge < -0.3 is 15.4 Å². The Bertz CT molecular complexity index is 517. The van der Waals surface area contributed by atoms with Crippen LogP contribution in [0, 0.1) is 0 Å². The molecule has 0 aromatic heterocycles. The van der Waals surface area contributed by atoms with Crippen molar-refractivity contribution in [1.82, 2.24) is 5.32 Å². The number of halogens is 4. The molecule has 22 heavy (non-hydrogen) atoms. The van der Waals surface area contributed by atoms with Gasteiger partial charge in [0.05, 0.1) is 5.54 Å². The highest BCUT2D eigenvalue weighted by atomic mass is 35.5. The Morgan fingerprint density at radius 2 is 2.18 bits per heavy atom. The van der Waals surface area contributed by atoms with Crippen molar-refractivity contribution < 1.29 is 22.7 Å². The molecule has 2 N–H and O–H groups in total. The SMILES string of the molecule is CCC1(C(=O)Nc2cccc(OC(F)(F)F)c2)CCCN1.Cl. The Morgan fingerprint density at radius 3 is 2.73 bits per heavy atom. The van der Waals surface area contributed by atoms with Crippen molar-refractivity contribution in [3.63, 3.8) is 0 Å². The number of alkyl halides is 3. The van der Waals surface area contributed by atoms with Crippen LogP contribution < -0.4 is 15.4 Å². The standard InChI is InChI=1S/C14H17F3N2O2.ClH/c1-2-13(7-4-8-18-13)12(20)19-10-5-3-6-11(9-10)21-14(15,16)17;/h3,5-6,9,18H,2,4,7-8H2,1H3,(H,19,20);1H. The lowest BCUT2D eigenvalue weighted by atomic mass is 9.93. The summed E-state index contributed by atoms with van der Waals surface area (Å²) in [6, 6.07) is 5.27. The van der Waals surface area contributed by atoms with Crippen molar-refractivity contribution in [2.75, 3.05) is 11.9 Å². The molecule has 1 aromatic rings. The van der Waals surface area contributed by atoms with Gasteiger partial charge in [0.15, 0.2) is 0 Å². The molecule has 1 fully saturated rings. The highest BCUT2D eigenvalue weighted by Crippen LogP contribution is 2.28. The van der Waals surface area contributed by atoms with Crippen LogP contribution in [0.15, 0.2) is 24.3 Å². The molecular weight excluding hydrogens is 321 g/mol. The summed E-state index contributed by atoms with van der Waals surface area (Å²) in [4.78, 5) is 12.3. The van der Waals surface area contributed by atoms with E-state index in [1.807, 2.05) is 6.92 Å². The Morgan fingerprint density at radius 1 is 1.45 bits per heavy atom. The molecule has 1 unspecified atom stereocenters. The van der Waals surface area contributed by atoms with Crippen LogP contribution in [0.2, 0.25) is 0 Å². The summed E-state index contributed by atoms with van der Waals surface area (Å²) < 4.78 is 40.4. The minimum Gasteiger partial charge on any atom is -0.406 e. The smallest absolute Gasteiger partial charge is 0.406 e. The van der Waals surface area contributed by atoms with Gasteiger partial charge in [-0.05, 0) is 37.9 Å². The third-order valence-electron chi connectivity index (χ3n) is 3.61. The van der Waals surface area contributed by atoms with E-state index in [0.717, 1.165) is 19.0 Å². The second-order valence-electron chi connectivity index (χ2n) is 5.00. The van der Waals surface area contributed by atoms with Gasteiger partial charge in [0, 0.05) is 11.8 Å². The van der Waals surface area contributed by atoms with Gasteiger partial charge >= 0.3 is 6.36 Å². The first kappa shape index (κ1) is 18.6. The average Bonchev–Trinajstić information content (AvgIpc) is 2.87. The molecule has 124 valence electrons. The van der Waals surface area contributed by atoms with E-state index in [2.05, 4.69) is 15.4 Å². The normalized spacial score (nSPS) is 21.1. The van der Waals surface area contributed by atoms with Crippen LogP contribution in [0.25, 0.3) is 0 Å². The van der Waals surface area contributed by atoms with Crippen molar-refractivity contribution in [2.45, 2.75) is 38.1 Å². The fourth-order valence-electron chi connectivity index (χ4n) is 2.48. The zero-order chi connectivity index (χ0) is 15.5. The quantitative estimate of drug-likeness (QED) is 0.883. The summed E-state index contributed by atoms with van der Waals surface area (Å²) in [6.07, 6.45) is -2.51. The fraction of sp³-hybridized carbons (Fsp3) is 0.500.